The van der Waals surface area contributed by atoms with Crippen LogP contribution in [0.3, 0.4) is 0 Å². The molecule has 2 saturated heterocycles. The Bertz CT molecular complexity index is 1240. The Kier molecular flexibility index (Phi) is 6.26. The summed E-state index contributed by atoms with van der Waals surface area (Å²) in [4.78, 5) is 30.6. The van der Waals surface area contributed by atoms with Crippen molar-refractivity contribution < 1.29 is 14.5 Å². The molecule has 0 atom stereocenters. The number of piperazine rings is 1. The van der Waals surface area contributed by atoms with Crippen molar-refractivity contribution in [3.8, 4) is 0 Å². The summed E-state index contributed by atoms with van der Waals surface area (Å²) >= 11 is 6.32. The molecule has 1 amide bonds. The Morgan fingerprint density at radius 2 is 1.59 bits per heavy atom. The Morgan fingerprint density at radius 1 is 0.882 bits per heavy atom. The number of nitro benzene ring substituents is 1. The summed E-state index contributed by atoms with van der Waals surface area (Å²) < 4.78 is 5.41. The lowest BCUT2D eigenvalue weighted by molar-refractivity contribution is -0.384. The average molecular weight is 481 g/mol. The summed E-state index contributed by atoms with van der Waals surface area (Å²) in [5.41, 5.74) is 2.31. The molecule has 0 unspecified atom stereocenters. The van der Waals surface area contributed by atoms with Gasteiger partial charge in [0.1, 0.15) is 5.69 Å². The molecule has 0 bridgehead atoms. The van der Waals surface area contributed by atoms with Crippen molar-refractivity contribution in [2.75, 3.05) is 62.3 Å². The minimum absolute atomic E-state index is 0.00905. The van der Waals surface area contributed by atoms with Crippen LogP contribution in [0.2, 0.25) is 5.02 Å². The molecule has 5 rings (SSSR count). The number of nitrogens with zero attached hydrogens (tertiary/aromatic N) is 4. The van der Waals surface area contributed by atoms with E-state index in [1.54, 1.807) is 12.1 Å². The molecule has 0 N–H and O–H groups in total. The summed E-state index contributed by atoms with van der Waals surface area (Å²) in [6.07, 6.45) is 0. The summed E-state index contributed by atoms with van der Waals surface area (Å²) in [6.45, 7) is 4.81. The molecule has 2 fully saturated rings. The number of fused-ring (bicyclic) bond motifs is 1. The average Bonchev–Trinajstić information content (AvgIpc) is 2.88. The molecule has 8 nitrogen and oxygen atoms in total. The van der Waals surface area contributed by atoms with E-state index in [0.717, 1.165) is 16.5 Å². The molecule has 176 valence electrons. The zero-order valence-electron chi connectivity index (χ0n) is 18.7. The Balaban J connectivity index is 1.33. The van der Waals surface area contributed by atoms with Crippen LogP contribution in [0, 0.1) is 10.1 Å². The van der Waals surface area contributed by atoms with Crippen LogP contribution in [-0.4, -0.2) is 68.2 Å². The largest absolute Gasteiger partial charge is 0.378 e. The van der Waals surface area contributed by atoms with Gasteiger partial charge in [-0.25, -0.2) is 0 Å². The van der Waals surface area contributed by atoms with E-state index in [0.29, 0.717) is 68.8 Å². The minimum atomic E-state index is -0.332. The van der Waals surface area contributed by atoms with Crippen LogP contribution >= 0.6 is 11.6 Å². The summed E-state index contributed by atoms with van der Waals surface area (Å²) in [5, 5.41) is 14.0. The fraction of sp³-hybridized carbons (Fsp3) is 0.320. The highest BCUT2D eigenvalue weighted by Gasteiger charge is 2.26. The first-order valence-corrected chi connectivity index (χ1v) is 11.7. The van der Waals surface area contributed by atoms with E-state index in [9.17, 15) is 14.9 Å². The van der Waals surface area contributed by atoms with Crippen molar-refractivity contribution in [2.24, 2.45) is 0 Å². The number of carbonyl (C=O) groups is 1. The predicted molar refractivity (Wildman–Crippen MR) is 133 cm³/mol. The molecular formula is C25H25ClN4O4. The normalized spacial score (nSPS) is 16.7. The highest BCUT2D eigenvalue weighted by atomic mass is 35.5. The molecule has 3 aromatic carbocycles. The number of carbonyl (C=O) groups excluding carboxylic acids is 1. The van der Waals surface area contributed by atoms with Gasteiger partial charge in [-0.1, -0.05) is 35.9 Å². The number of morpholine rings is 1. The number of hydrogen-bond acceptors (Lipinski definition) is 6. The fourth-order valence-electron chi connectivity index (χ4n) is 4.72. The smallest absolute Gasteiger partial charge is 0.292 e. The molecule has 0 saturated carbocycles. The highest BCUT2D eigenvalue weighted by Crippen LogP contribution is 2.34. The quantitative estimate of drug-likeness (QED) is 0.411. The molecule has 2 aliphatic rings. The number of nitro groups is 1. The maximum atomic E-state index is 13.3. The summed E-state index contributed by atoms with van der Waals surface area (Å²) in [7, 11) is 0. The van der Waals surface area contributed by atoms with Crippen molar-refractivity contribution in [2.45, 2.75) is 0 Å². The predicted octanol–water partition coefficient (Wildman–Crippen LogP) is 4.20. The van der Waals surface area contributed by atoms with E-state index in [2.05, 4.69) is 4.90 Å². The lowest BCUT2D eigenvalue weighted by Crippen LogP contribution is -2.49. The fourth-order valence-corrected chi connectivity index (χ4v) is 4.95. The van der Waals surface area contributed by atoms with Crippen LogP contribution in [0.15, 0.2) is 54.6 Å². The zero-order chi connectivity index (χ0) is 23.7. The van der Waals surface area contributed by atoms with Crippen LogP contribution in [0.5, 0.6) is 0 Å². The SMILES string of the molecule is O=C(c1cccc2c(Cl)cccc12)N1CCN(c2ccc([N+](=O)[O-])c(N3CCOCC3)c2)CC1. The lowest BCUT2D eigenvalue weighted by atomic mass is 10.0. The van der Waals surface area contributed by atoms with Crippen molar-refractivity contribution >= 4 is 45.3 Å². The topological polar surface area (TPSA) is 79.2 Å². The number of rotatable bonds is 4. The van der Waals surface area contributed by atoms with Gasteiger partial charge in [0.25, 0.3) is 11.6 Å². The summed E-state index contributed by atoms with van der Waals surface area (Å²) in [5.74, 6) is -0.00905. The van der Waals surface area contributed by atoms with Gasteiger partial charge in [0, 0.05) is 67.0 Å². The molecule has 0 aliphatic carbocycles. The lowest BCUT2D eigenvalue weighted by Gasteiger charge is -2.37. The van der Waals surface area contributed by atoms with Crippen LogP contribution in [0.4, 0.5) is 17.1 Å². The third kappa shape index (κ3) is 4.26. The molecule has 3 aromatic rings. The van der Waals surface area contributed by atoms with Gasteiger partial charge in [0.2, 0.25) is 0 Å². The molecule has 34 heavy (non-hydrogen) atoms. The van der Waals surface area contributed by atoms with E-state index in [4.69, 9.17) is 16.3 Å². The van der Waals surface area contributed by atoms with Crippen molar-refractivity contribution in [3.63, 3.8) is 0 Å². The zero-order valence-corrected chi connectivity index (χ0v) is 19.4. The number of halogens is 1. The third-order valence-electron chi connectivity index (χ3n) is 6.54. The first-order chi connectivity index (χ1) is 16.5. The number of anilines is 2. The number of ether oxygens (including phenoxy) is 1. The van der Waals surface area contributed by atoms with Gasteiger partial charge in [0.05, 0.1) is 18.1 Å². The van der Waals surface area contributed by atoms with E-state index >= 15 is 0 Å². The van der Waals surface area contributed by atoms with Crippen LogP contribution < -0.4 is 9.80 Å². The van der Waals surface area contributed by atoms with Gasteiger partial charge in [-0.3, -0.25) is 14.9 Å². The number of hydrogen-bond donors (Lipinski definition) is 0. The van der Waals surface area contributed by atoms with E-state index in [1.165, 1.54) is 0 Å². The van der Waals surface area contributed by atoms with E-state index in [-0.39, 0.29) is 16.5 Å². The van der Waals surface area contributed by atoms with Crippen LogP contribution in [0.25, 0.3) is 10.8 Å². The van der Waals surface area contributed by atoms with Gasteiger partial charge in [-0.2, -0.15) is 0 Å². The standard InChI is InChI=1S/C25H25ClN4O4/c26-22-6-2-3-19-20(22)4-1-5-21(19)25(31)29-11-9-27(10-12-29)18-7-8-23(30(32)33)24(17-18)28-13-15-34-16-14-28/h1-8,17H,9-16H2. The van der Waals surface area contributed by atoms with Gasteiger partial charge in [-0.05, 0) is 29.7 Å². The maximum absolute atomic E-state index is 13.3. The van der Waals surface area contributed by atoms with Gasteiger partial charge in [-0.15, -0.1) is 0 Å². The molecular weight excluding hydrogens is 456 g/mol. The molecule has 9 heteroatoms. The van der Waals surface area contributed by atoms with Crippen molar-refractivity contribution in [3.05, 3.63) is 75.3 Å². The second-order valence-corrected chi connectivity index (χ2v) is 8.86. The molecule has 0 spiro atoms. The van der Waals surface area contributed by atoms with Gasteiger partial charge < -0.3 is 19.4 Å². The minimum Gasteiger partial charge on any atom is -0.378 e. The Morgan fingerprint density at radius 3 is 2.32 bits per heavy atom. The van der Waals surface area contributed by atoms with E-state index < -0.39 is 0 Å². The first kappa shape index (κ1) is 22.4. The molecule has 2 heterocycles. The second-order valence-electron chi connectivity index (χ2n) is 8.45. The number of amides is 1. The highest BCUT2D eigenvalue weighted by molar-refractivity contribution is 6.36. The summed E-state index contributed by atoms with van der Waals surface area (Å²) in [6, 6.07) is 16.5. The molecule has 0 radical (unpaired) electrons. The molecule has 2 aliphatic heterocycles. The first-order valence-electron chi connectivity index (χ1n) is 11.4. The Hall–Kier alpha value is -3.36. The monoisotopic (exact) mass is 480 g/mol. The number of benzene rings is 3. The van der Waals surface area contributed by atoms with Gasteiger partial charge >= 0.3 is 0 Å². The Labute approximate surface area is 202 Å². The molecule has 0 aromatic heterocycles. The maximum Gasteiger partial charge on any atom is 0.292 e. The van der Waals surface area contributed by atoms with Gasteiger partial charge in [0.15, 0.2) is 0 Å². The second kappa shape index (κ2) is 9.48. The van der Waals surface area contributed by atoms with E-state index in [1.807, 2.05) is 52.3 Å². The van der Waals surface area contributed by atoms with Crippen LogP contribution in [0.1, 0.15) is 10.4 Å². The van der Waals surface area contributed by atoms with Crippen molar-refractivity contribution in [1.82, 2.24) is 4.90 Å². The third-order valence-corrected chi connectivity index (χ3v) is 6.87. The van der Waals surface area contributed by atoms with Crippen LogP contribution in [-0.2, 0) is 4.74 Å². The van der Waals surface area contributed by atoms with Crippen molar-refractivity contribution in [1.29, 1.82) is 0 Å².